The molecule has 2 rings (SSSR count). The molecule has 2 fully saturated rings. The van der Waals surface area contributed by atoms with Gasteiger partial charge in [-0.25, -0.2) is 4.39 Å². The normalized spacial score (nSPS) is 34.9. The third-order valence-electron chi connectivity index (χ3n) is 5.37. The molecule has 0 spiro atoms. The van der Waals surface area contributed by atoms with Crippen molar-refractivity contribution in [1.82, 2.24) is 9.80 Å². The van der Waals surface area contributed by atoms with Crippen LogP contribution in [0.3, 0.4) is 0 Å². The lowest BCUT2D eigenvalue weighted by atomic mass is 9.79. The predicted octanol–water partition coefficient (Wildman–Crippen LogP) is 3.18. The first kappa shape index (κ1) is 15.2. The van der Waals surface area contributed by atoms with Crippen LogP contribution in [-0.4, -0.2) is 54.7 Å². The zero-order valence-electron chi connectivity index (χ0n) is 12.9. The van der Waals surface area contributed by atoms with Gasteiger partial charge in [0.25, 0.3) is 0 Å². The molecule has 0 amide bonds. The summed E-state index contributed by atoms with van der Waals surface area (Å²) in [6.45, 7) is 10.7. The molecule has 0 N–H and O–H groups in total. The summed E-state index contributed by atoms with van der Waals surface area (Å²) < 4.78 is 12.5. The minimum Gasteiger partial charge on any atom is -0.298 e. The number of piperazine rings is 1. The van der Waals surface area contributed by atoms with Crippen molar-refractivity contribution >= 4 is 0 Å². The van der Waals surface area contributed by atoms with Crippen LogP contribution in [0.5, 0.6) is 0 Å². The molecular weight excluding hydrogens is 239 g/mol. The zero-order valence-corrected chi connectivity index (χ0v) is 12.9. The zero-order chi connectivity index (χ0) is 13.8. The quantitative estimate of drug-likeness (QED) is 0.774. The number of rotatable bonds is 4. The molecule has 3 heteroatoms. The Hall–Kier alpha value is -0.150. The predicted molar refractivity (Wildman–Crippen MR) is 79.2 cm³/mol. The van der Waals surface area contributed by atoms with Crippen molar-refractivity contribution in [2.24, 2.45) is 11.8 Å². The van der Waals surface area contributed by atoms with Gasteiger partial charge in [0.2, 0.25) is 0 Å². The van der Waals surface area contributed by atoms with E-state index in [-0.39, 0.29) is 6.67 Å². The minimum absolute atomic E-state index is 0.205. The van der Waals surface area contributed by atoms with Crippen molar-refractivity contribution in [3.8, 4) is 0 Å². The van der Waals surface area contributed by atoms with Gasteiger partial charge < -0.3 is 0 Å². The molecule has 1 atom stereocenters. The molecule has 1 saturated carbocycles. The van der Waals surface area contributed by atoms with Gasteiger partial charge in [-0.05, 0) is 44.4 Å². The van der Waals surface area contributed by atoms with Crippen molar-refractivity contribution < 1.29 is 4.39 Å². The molecule has 0 aromatic rings. The van der Waals surface area contributed by atoms with E-state index in [0.717, 1.165) is 37.5 Å². The van der Waals surface area contributed by atoms with E-state index in [4.69, 9.17) is 0 Å². The van der Waals surface area contributed by atoms with Gasteiger partial charge in [0, 0.05) is 38.3 Å². The topological polar surface area (TPSA) is 6.48 Å². The van der Waals surface area contributed by atoms with Gasteiger partial charge in [-0.2, -0.15) is 0 Å². The van der Waals surface area contributed by atoms with Gasteiger partial charge >= 0.3 is 0 Å². The maximum atomic E-state index is 12.5. The molecule has 2 nitrogen and oxygen atoms in total. The fourth-order valence-corrected chi connectivity index (χ4v) is 3.93. The lowest BCUT2D eigenvalue weighted by Crippen LogP contribution is -2.55. The number of nitrogens with zero attached hydrogens (tertiary/aromatic N) is 2. The van der Waals surface area contributed by atoms with E-state index in [1.807, 2.05) is 0 Å². The molecule has 1 unspecified atom stereocenters. The second-order valence-electron chi connectivity index (χ2n) is 6.88. The Labute approximate surface area is 118 Å². The van der Waals surface area contributed by atoms with Gasteiger partial charge in [0.15, 0.2) is 0 Å². The number of hydrogen-bond donors (Lipinski definition) is 0. The van der Waals surface area contributed by atoms with E-state index >= 15 is 0 Å². The molecule has 1 aliphatic carbocycles. The Morgan fingerprint density at radius 3 is 2.32 bits per heavy atom. The average molecular weight is 270 g/mol. The number of halogens is 1. The maximum Gasteiger partial charge on any atom is 0.102 e. The lowest BCUT2D eigenvalue weighted by Gasteiger charge is -2.45. The van der Waals surface area contributed by atoms with Crippen LogP contribution in [0, 0.1) is 11.8 Å². The molecule has 112 valence electrons. The van der Waals surface area contributed by atoms with E-state index in [9.17, 15) is 4.39 Å². The smallest absolute Gasteiger partial charge is 0.102 e. The summed E-state index contributed by atoms with van der Waals surface area (Å²) >= 11 is 0. The molecule has 0 radical (unpaired) electrons. The van der Waals surface area contributed by atoms with Crippen molar-refractivity contribution in [2.45, 2.75) is 58.5 Å². The maximum absolute atomic E-state index is 12.5. The Morgan fingerprint density at radius 2 is 1.79 bits per heavy atom. The van der Waals surface area contributed by atoms with Crippen LogP contribution < -0.4 is 0 Å². The first-order valence-corrected chi connectivity index (χ1v) is 8.16. The number of alkyl halides is 1. The second kappa shape index (κ2) is 7.03. The Morgan fingerprint density at radius 1 is 1.11 bits per heavy atom. The molecule has 1 aliphatic heterocycles. The summed E-state index contributed by atoms with van der Waals surface area (Å²) in [5, 5.41) is 0. The highest BCUT2D eigenvalue weighted by Gasteiger charge is 2.31. The van der Waals surface area contributed by atoms with Crippen LogP contribution in [0.15, 0.2) is 0 Å². The summed E-state index contributed by atoms with van der Waals surface area (Å²) in [7, 11) is 0. The number of hydrogen-bond acceptors (Lipinski definition) is 2. The Bertz CT molecular complexity index is 261. The summed E-state index contributed by atoms with van der Waals surface area (Å²) in [5.74, 6) is 1.79. The highest BCUT2D eigenvalue weighted by molar-refractivity contribution is 4.86. The first-order valence-electron chi connectivity index (χ1n) is 8.16. The molecule has 1 saturated heterocycles. The fourth-order valence-electron chi connectivity index (χ4n) is 3.93. The van der Waals surface area contributed by atoms with Crippen molar-refractivity contribution in [1.29, 1.82) is 0 Å². The second-order valence-corrected chi connectivity index (χ2v) is 6.88. The molecule has 0 bridgehead atoms. The molecule has 2 aliphatic rings. The van der Waals surface area contributed by atoms with Crippen LogP contribution in [-0.2, 0) is 0 Å². The van der Waals surface area contributed by atoms with Gasteiger partial charge in [-0.3, -0.25) is 9.80 Å². The minimum atomic E-state index is -0.205. The Kier molecular flexibility index (Phi) is 5.64. The van der Waals surface area contributed by atoms with Crippen LogP contribution in [0.25, 0.3) is 0 Å². The molecule has 1 heterocycles. The van der Waals surface area contributed by atoms with E-state index in [0.29, 0.717) is 12.6 Å². The van der Waals surface area contributed by atoms with Gasteiger partial charge in [-0.1, -0.05) is 13.8 Å². The average Bonchev–Trinajstić information content (AvgIpc) is 2.41. The van der Waals surface area contributed by atoms with Gasteiger partial charge in [0.1, 0.15) is 6.67 Å². The SMILES string of the molecule is CC(C)C1CCC(N2CCN(CCF)C(C)C2)CC1. The third-order valence-corrected chi connectivity index (χ3v) is 5.37. The molecule has 0 aromatic carbocycles. The highest BCUT2D eigenvalue weighted by atomic mass is 19.1. The van der Waals surface area contributed by atoms with Crippen LogP contribution in [0.4, 0.5) is 4.39 Å². The largest absolute Gasteiger partial charge is 0.298 e. The highest BCUT2D eigenvalue weighted by Crippen LogP contribution is 2.32. The van der Waals surface area contributed by atoms with E-state index in [2.05, 4.69) is 30.6 Å². The summed E-state index contributed by atoms with van der Waals surface area (Å²) in [4.78, 5) is 4.98. The van der Waals surface area contributed by atoms with Crippen LogP contribution >= 0.6 is 0 Å². The standard InChI is InChI=1S/C16H31FN2/c1-13(2)15-4-6-16(7-5-15)19-11-10-18(9-8-17)14(3)12-19/h13-16H,4-12H2,1-3H3. The molecular formula is C16H31FN2. The summed E-state index contributed by atoms with van der Waals surface area (Å²) in [5.41, 5.74) is 0. The summed E-state index contributed by atoms with van der Waals surface area (Å²) in [6.07, 6.45) is 5.56. The lowest BCUT2D eigenvalue weighted by molar-refractivity contribution is 0.0322. The first-order chi connectivity index (χ1) is 9.11. The van der Waals surface area contributed by atoms with Crippen molar-refractivity contribution in [2.75, 3.05) is 32.9 Å². The van der Waals surface area contributed by atoms with Crippen LogP contribution in [0.2, 0.25) is 0 Å². The van der Waals surface area contributed by atoms with Crippen molar-refractivity contribution in [3.63, 3.8) is 0 Å². The summed E-state index contributed by atoms with van der Waals surface area (Å²) in [6, 6.07) is 1.32. The third kappa shape index (κ3) is 3.91. The van der Waals surface area contributed by atoms with Crippen molar-refractivity contribution in [3.05, 3.63) is 0 Å². The molecule has 0 aromatic heterocycles. The monoisotopic (exact) mass is 270 g/mol. The fraction of sp³-hybridized carbons (Fsp3) is 1.00. The van der Waals surface area contributed by atoms with Crippen LogP contribution in [0.1, 0.15) is 46.5 Å². The van der Waals surface area contributed by atoms with E-state index < -0.39 is 0 Å². The van der Waals surface area contributed by atoms with E-state index in [1.54, 1.807) is 0 Å². The van der Waals surface area contributed by atoms with Gasteiger partial charge in [-0.15, -0.1) is 0 Å². The van der Waals surface area contributed by atoms with Gasteiger partial charge in [0.05, 0.1) is 0 Å². The Balaban J connectivity index is 1.78. The molecule has 19 heavy (non-hydrogen) atoms. The van der Waals surface area contributed by atoms with E-state index in [1.165, 1.54) is 25.7 Å².